The average Bonchev–Trinajstić information content (AvgIpc) is 2.21. The van der Waals surface area contributed by atoms with Crippen LogP contribution >= 0.6 is 0 Å². The summed E-state index contributed by atoms with van der Waals surface area (Å²) in [6.45, 7) is 6.98. The first-order valence-corrected chi connectivity index (χ1v) is 4.87. The number of rotatable bonds is 8. The second-order valence-electron chi connectivity index (χ2n) is 2.85. The van der Waals surface area contributed by atoms with Crippen LogP contribution in [0, 0.1) is 0 Å². The largest absolute Gasteiger partial charge is 0.377 e. The van der Waals surface area contributed by atoms with Crippen molar-refractivity contribution in [1.82, 2.24) is 0 Å². The average molecular weight is 194 g/mol. The number of ether oxygens (including phenoxy) is 1. The number of carbonyl (C=O) groups excluding carboxylic acids is 1. The Bertz CT molecular complexity index is 214. The molecule has 2 nitrogen and oxygen atoms in total. The van der Waals surface area contributed by atoms with Crippen LogP contribution < -0.4 is 0 Å². The van der Waals surface area contributed by atoms with Crippen LogP contribution in [0.5, 0.6) is 0 Å². The topological polar surface area (TPSA) is 26.3 Å². The Labute approximate surface area is 86.0 Å². The van der Waals surface area contributed by atoms with E-state index in [2.05, 4.69) is 13.5 Å². The highest BCUT2D eigenvalue weighted by Gasteiger charge is 1.86. The predicted octanol–water partition coefficient (Wildman–Crippen LogP) is 2.67. The van der Waals surface area contributed by atoms with Gasteiger partial charge in [0.25, 0.3) is 0 Å². The Morgan fingerprint density at radius 2 is 2.29 bits per heavy atom. The molecule has 0 unspecified atom stereocenters. The van der Waals surface area contributed by atoms with Gasteiger partial charge in [0.05, 0.1) is 6.61 Å². The molecule has 0 aromatic heterocycles. The minimum Gasteiger partial charge on any atom is -0.377 e. The fourth-order valence-electron chi connectivity index (χ4n) is 0.852. The molecule has 0 aromatic rings. The fraction of sp³-hybridized carbons (Fsp3) is 0.417. The quantitative estimate of drug-likeness (QED) is 0.257. The predicted molar refractivity (Wildman–Crippen MR) is 59.2 cm³/mol. The third-order valence-electron chi connectivity index (χ3n) is 1.61. The molecule has 0 saturated heterocycles. The maximum atomic E-state index is 10.5. The molecule has 0 bridgehead atoms. The van der Waals surface area contributed by atoms with E-state index in [0.29, 0.717) is 12.2 Å². The molecular weight excluding hydrogens is 176 g/mol. The van der Waals surface area contributed by atoms with E-state index in [4.69, 9.17) is 4.74 Å². The molecule has 78 valence electrons. The summed E-state index contributed by atoms with van der Waals surface area (Å²) in [4.78, 5) is 10.5. The molecule has 0 radical (unpaired) electrons. The zero-order valence-electron chi connectivity index (χ0n) is 8.74. The van der Waals surface area contributed by atoms with Gasteiger partial charge in [-0.2, -0.15) is 0 Å². The summed E-state index contributed by atoms with van der Waals surface area (Å²) in [7, 11) is 0. The van der Waals surface area contributed by atoms with Gasteiger partial charge >= 0.3 is 0 Å². The number of hydrogen-bond donors (Lipinski definition) is 0. The number of unbranched alkanes of at least 4 members (excludes halogenated alkanes) is 1. The molecule has 0 amide bonds. The van der Waals surface area contributed by atoms with Crippen molar-refractivity contribution in [1.29, 1.82) is 0 Å². The first-order valence-electron chi connectivity index (χ1n) is 4.87. The minimum atomic E-state index is 0.558. The van der Waals surface area contributed by atoms with Crippen molar-refractivity contribution in [3.8, 4) is 0 Å². The van der Waals surface area contributed by atoms with Gasteiger partial charge in [-0.3, -0.25) is 4.79 Å². The Kier molecular flexibility index (Phi) is 9.12. The highest BCUT2D eigenvalue weighted by Crippen LogP contribution is 1.93. The van der Waals surface area contributed by atoms with Crippen LogP contribution in [0.2, 0.25) is 0 Å². The van der Waals surface area contributed by atoms with E-state index in [-0.39, 0.29) is 0 Å². The van der Waals surface area contributed by atoms with Crippen LogP contribution in [0.1, 0.15) is 19.8 Å². The second-order valence-corrected chi connectivity index (χ2v) is 2.85. The maximum Gasteiger partial charge on any atom is 0.150 e. The molecule has 0 aliphatic carbocycles. The summed E-state index contributed by atoms with van der Waals surface area (Å²) in [5.41, 5.74) is 0.610. The summed E-state index contributed by atoms with van der Waals surface area (Å²) >= 11 is 0. The first kappa shape index (κ1) is 12.8. The summed E-state index contributed by atoms with van der Waals surface area (Å²) < 4.78 is 5.29. The standard InChI is InChI=1S/C12H18O2/c1-3-5-9-14-10-6-8-12(11-13)7-4-2/h4,6-8,11H,2-3,5,9-10H2,1H3/b8-6-,12-7+. The Balaban J connectivity index is 3.64. The minimum absolute atomic E-state index is 0.558. The van der Waals surface area contributed by atoms with Gasteiger partial charge < -0.3 is 4.74 Å². The molecule has 0 atom stereocenters. The molecule has 0 saturated carbocycles. The lowest BCUT2D eigenvalue weighted by molar-refractivity contribution is -0.104. The maximum absolute atomic E-state index is 10.5. The van der Waals surface area contributed by atoms with Crippen LogP contribution in [0.3, 0.4) is 0 Å². The molecule has 0 fully saturated rings. The van der Waals surface area contributed by atoms with Gasteiger partial charge in [0.1, 0.15) is 6.29 Å². The molecule has 14 heavy (non-hydrogen) atoms. The summed E-state index contributed by atoms with van der Waals surface area (Å²) in [6, 6.07) is 0. The highest BCUT2D eigenvalue weighted by atomic mass is 16.5. The number of carbonyl (C=O) groups is 1. The van der Waals surface area contributed by atoms with Gasteiger partial charge in [0, 0.05) is 12.2 Å². The Morgan fingerprint density at radius 1 is 1.50 bits per heavy atom. The highest BCUT2D eigenvalue weighted by molar-refractivity contribution is 5.77. The van der Waals surface area contributed by atoms with E-state index in [9.17, 15) is 4.79 Å². The second kappa shape index (κ2) is 9.93. The van der Waals surface area contributed by atoms with Crippen LogP contribution in [0.15, 0.2) is 36.5 Å². The lowest BCUT2D eigenvalue weighted by Gasteiger charge is -1.97. The van der Waals surface area contributed by atoms with E-state index in [1.54, 1.807) is 18.2 Å². The van der Waals surface area contributed by atoms with Crippen molar-refractivity contribution in [2.75, 3.05) is 13.2 Å². The van der Waals surface area contributed by atoms with E-state index in [1.165, 1.54) is 0 Å². The van der Waals surface area contributed by atoms with Crippen molar-refractivity contribution in [3.05, 3.63) is 36.5 Å². The SMILES string of the molecule is C=C/C=C(C=O)\C=C/COCCCC. The van der Waals surface area contributed by atoms with Gasteiger partial charge in [-0.1, -0.05) is 44.2 Å². The van der Waals surface area contributed by atoms with E-state index in [1.807, 2.05) is 6.08 Å². The van der Waals surface area contributed by atoms with Crippen molar-refractivity contribution < 1.29 is 9.53 Å². The monoisotopic (exact) mass is 194 g/mol. The van der Waals surface area contributed by atoms with E-state index in [0.717, 1.165) is 25.7 Å². The van der Waals surface area contributed by atoms with Crippen molar-refractivity contribution in [2.24, 2.45) is 0 Å². The van der Waals surface area contributed by atoms with Gasteiger partial charge in [-0.05, 0) is 6.42 Å². The zero-order valence-corrected chi connectivity index (χ0v) is 8.74. The lowest BCUT2D eigenvalue weighted by atomic mass is 10.2. The Morgan fingerprint density at radius 3 is 2.86 bits per heavy atom. The lowest BCUT2D eigenvalue weighted by Crippen LogP contribution is -1.93. The van der Waals surface area contributed by atoms with Crippen LogP contribution in [-0.2, 0) is 9.53 Å². The molecule has 0 spiro atoms. The number of allylic oxidation sites excluding steroid dienone is 4. The molecule has 0 rings (SSSR count). The zero-order chi connectivity index (χ0) is 10.6. The molecule has 0 heterocycles. The molecule has 0 aliphatic rings. The van der Waals surface area contributed by atoms with Gasteiger partial charge in [0.2, 0.25) is 0 Å². The van der Waals surface area contributed by atoms with E-state index < -0.39 is 0 Å². The van der Waals surface area contributed by atoms with Gasteiger partial charge in [0.15, 0.2) is 0 Å². The van der Waals surface area contributed by atoms with Crippen molar-refractivity contribution >= 4 is 6.29 Å². The molecule has 0 aliphatic heterocycles. The van der Waals surface area contributed by atoms with E-state index >= 15 is 0 Å². The number of hydrogen-bond acceptors (Lipinski definition) is 2. The molecule has 2 heteroatoms. The van der Waals surface area contributed by atoms with Crippen LogP contribution in [-0.4, -0.2) is 19.5 Å². The van der Waals surface area contributed by atoms with Crippen LogP contribution in [0.25, 0.3) is 0 Å². The summed E-state index contributed by atoms with van der Waals surface area (Å²) in [5, 5.41) is 0. The normalized spacial score (nSPS) is 11.9. The first-order chi connectivity index (χ1) is 6.85. The fourth-order valence-corrected chi connectivity index (χ4v) is 0.852. The van der Waals surface area contributed by atoms with Crippen molar-refractivity contribution in [2.45, 2.75) is 19.8 Å². The summed E-state index contributed by atoms with van der Waals surface area (Å²) in [5.74, 6) is 0. The molecule has 0 aromatic carbocycles. The Hall–Kier alpha value is -1.15. The smallest absolute Gasteiger partial charge is 0.150 e. The van der Waals surface area contributed by atoms with Crippen molar-refractivity contribution in [3.63, 3.8) is 0 Å². The number of aldehydes is 1. The third kappa shape index (κ3) is 7.50. The van der Waals surface area contributed by atoms with Crippen LogP contribution in [0.4, 0.5) is 0 Å². The summed E-state index contributed by atoms with van der Waals surface area (Å²) in [6.07, 6.45) is 9.84. The van der Waals surface area contributed by atoms with Gasteiger partial charge in [-0.15, -0.1) is 0 Å². The molecular formula is C12H18O2. The third-order valence-corrected chi connectivity index (χ3v) is 1.61. The van der Waals surface area contributed by atoms with Gasteiger partial charge in [-0.25, -0.2) is 0 Å². The molecule has 0 N–H and O–H groups in total.